The molecule has 0 bridgehead atoms. The second kappa shape index (κ2) is 9.76. The van der Waals surface area contributed by atoms with E-state index in [0.717, 1.165) is 5.56 Å². The molecular weight excluding hydrogens is 338 g/mol. The molecule has 0 aliphatic carbocycles. The zero-order chi connectivity index (χ0) is 18.9. The lowest BCUT2D eigenvalue weighted by molar-refractivity contribution is 0.0183. The molecule has 2 rings (SSSR count). The monoisotopic (exact) mass is 361 g/mol. The van der Waals surface area contributed by atoms with Gasteiger partial charge in [0.05, 0.1) is 13.7 Å². The number of aliphatic hydroxyl groups excluding tert-OH is 3. The molecule has 0 aliphatic heterocycles. The van der Waals surface area contributed by atoms with Crippen molar-refractivity contribution in [2.75, 3.05) is 13.7 Å². The minimum absolute atomic E-state index is 0.116. The molecule has 0 aliphatic rings. The van der Waals surface area contributed by atoms with E-state index in [1.165, 1.54) is 13.2 Å². The van der Waals surface area contributed by atoms with Crippen LogP contribution in [0.2, 0.25) is 0 Å². The van der Waals surface area contributed by atoms with Crippen molar-refractivity contribution in [3.05, 3.63) is 65.2 Å². The van der Waals surface area contributed by atoms with E-state index < -0.39 is 18.3 Å². The van der Waals surface area contributed by atoms with Crippen LogP contribution in [-0.2, 0) is 18.0 Å². The summed E-state index contributed by atoms with van der Waals surface area (Å²) in [6.45, 7) is -0.263. The van der Waals surface area contributed by atoms with E-state index in [1.807, 2.05) is 30.3 Å². The highest BCUT2D eigenvalue weighted by Gasteiger charge is 2.20. The lowest BCUT2D eigenvalue weighted by Crippen LogP contribution is -2.35. The maximum Gasteiger partial charge on any atom is 0.407 e. The largest absolute Gasteiger partial charge is 0.496 e. The number of alkyl carbamates (subject to hydrolysis) is 1. The Morgan fingerprint density at radius 1 is 1.15 bits per heavy atom. The first-order valence-corrected chi connectivity index (χ1v) is 8.13. The molecule has 0 spiro atoms. The highest BCUT2D eigenvalue weighted by Crippen LogP contribution is 2.25. The summed E-state index contributed by atoms with van der Waals surface area (Å²) in [6, 6.07) is 13.9. The van der Waals surface area contributed by atoms with Crippen molar-refractivity contribution in [3.8, 4) is 5.75 Å². The van der Waals surface area contributed by atoms with Gasteiger partial charge in [-0.05, 0) is 17.2 Å². The standard InChI is InChI=1S/C19H23NO6/c1-25-17-9-14(7-8-15(17)11-21)18(23)16(22)10-20-19(24)26-12-13-5-3-2-4-6-13/h2-9,16,18,21-23H,10-12H2,1H3,(H,20,24). The smallest absolute Gasteiger partial charge is 0.407 e. The first-order valence-electron chi connectivity index (χ1n) is 8.13. The SMILES string of the molecule is COc1cc(C(O)C(O)CNC(=O)OCc2ccccc2)ccc1CO. The van der Waals surface area contributed by atoms with Crippen molar-refractivity contribution >= 4 is 6.09 Å². The van der Waals surface area contributed by atoms with Crippen LogP contribution in [0.15, 0.2) is 48.5 Å². The summed E-state index contributed by atoms with van der Waals surface area (Å²) in [4.78, 5) is 11.7. The summed E-state index contributed by atoms with van der Waals surface area (Å²) in [6.07, 6.45) is -3.15. The Labute approximate surface area is 151 Å². The third-order valence-corrected chi connectivity index (χ3v) is 3.86. The quantitative estimate of drug-likeness (QED) is 0.568. The number of methoxy groups -OCH3 is 1. The maximum atomic E-state index is 11.7. The summed E-state index contributed by atoms with van der Waals surface area (Å²) in [7, 11) is 1.45. The van der Waals surface area contributed by atoms with Gasteiger partial charge in [-0.15, -0.1) is 0 Å². The fraction of sp³-hybridized carbons (Fsp3) is 0.316. The van der Waals surface area contributed by atoms with Gasteiger partial charge >= 0.3 is 6.09 Å². The zero-order valence-electron chi connectivity index (χ0n) is 14.5. The summed E-state index contributed by atoms with van der Waals surface area (Å²) in [5.41, 5.74) is 1.82. The summed E-state index contributed by atoms with van der Waals surface area (Å²) >= 11 is 0. The fourth-order valence-corrected chi connectivity index (χ4v) is 2.37. The third kappa shape index (κ3) is 5.45. The minimum Gasteiger partial charge on any atom is -0.496 e. The van der Waals surface area contributed by atoms with Crippen molar-refractivity contribution in [2.45, 2.75) is 25.4 Å². The van der Waals surface area contributed by atoms with Crippen molar-refractivity contribution in [1.29, 1.82) is 0 Å². The number of ether oxygens (including phenoxy) is 2. The fourth-order valence-electron chi connectivity index (χ4n) is 2.37. The van der Waals surface area contributed by atoms with Gasteiger partial charge in [0.2, 0.25) is 0 Å². The number of nitrogens with one attached hydrogen (secondary N) is 1. The molecule has 7 nitrogen and oxygen atoms in total. The van der Waals surface area contributed by atoms with Crippen LogP contribution in [-0.4, -0.2) is 41.2 Å². The van der Waals surface area contributed by atoms with Gasteiger partial charge in [0, 0.05) is 12.1 Å². The van der Waals surface area contributed by atoms with E-state index in [4.69, 9.17) is 9.47 Å². The van der Waals surface area contributed by atoms with Crippen LogP contribution in [0.4, 0.5) is 4.79 Å². The molecule has 2 aromatic rings. The molecule has 2 unspecified atom stereocenters. The lowest BCUT2D eigenvalue weighted by atomic mass is 10.0. The molecular formula is C19H23NO6. The molecule has 7 heteroatoms. The van der Waals surface area contributed by atoms with Gasteiger partial charge in [-0.3, -0.25) is 0 Å². The molecule has 2 aromatic carbocycles. The Hall–Kier alpha value is -2.61. The predicted octanol–water partition coefficient (Wildman–Crippen LogP) is 1.51. The average Bonchev–Trinajstić information content (AvgIpc) is 2.70. The topological polar surface area (TPSA) is 108 Å². The lowest BCUT2D eigenvalue weighted by Gasteiger charge is -2.20. The molecule has 0 saturated carbocycles. The molecule has 0 radical (unpaired) electrons. The first-order chi connectivity index (χ1) is 12.5. The molecule has 4 N–H and O–H groups in total. The highest BCUT2D eigenvalue weighted by atomic mass is 16.5. The molecule has 2 atom stereocenters. The van der Waals surface area contributed by atoms with Crippen LogP contribution < -0.4 is 10.1 Å². The Kier molecular flexibility index (Phi) is 7.40. The average molecular weight is 361 g/mol. The Balaban J connectivity index is 1.84. The van der Waals surface area contributed by atoms with Crippen LogP contribution in [0.3, 0.4) is 0 Å². The molecule has 140 valence electrons. The number of benzene rings is 2. The number of hydrogen-bond donors (Lipinski definition) is 4. The second-order valence-electron chi connectivity index (χ2n) is 5.68. The van der Waals surface area contributed by atoms with E-state index in [9.17, 15) is 20.1 Å². The van der Waals surface area contributed by atoms with Crippen LogP contribution in [0.5, 0.6) is 5.75 Å². The van der Waals surface area contributed by atoms with Gasteiger partial charge in [0.1, 0.15) is 24.6 Å². The third-order valence-electron chi connectivity index (χ3n) is 3.86. The number of amides is 1. The van der Waals surface area contributed by atoms with Crippen molar-refractivity contribution in [1.82, 2.24) is 5.32 Å². The maximum absolute atomic E-state index is 11.7. The minimum atomic E-state index is -1.23. The Morgan fingerprint density at radius 2 is 1.88 bits per heavy atom. The number of rotatable bonds is 8. The second-order valence-corrected chi connectivity index (χ2v) is 5.68. The molecule has 0 heterocycles. The normalized spacial score (nSPS) is 12.9. The van der Waals surface area contributed by atoms with Gasteiger partial charge in [0.25, 0.3) is 0 Å². The van der Waals surface area contributed by atoms with Crippen molar-refractivity contribution in [2.24, 2.45) is 0 Å². The van der Waals surface area contributed by atoms with Crippen LogP contribution >= 0.6 is 0 Å². The van der Waals surface area contributed by atoms with Crippen molar-refractivity contribution < 1.29 is 29.6 Å². The molecule has 0 aromatic heterocycles. The van der Waals surface area contributed by atoms with E-state index >= 15 is 0 Å². The predicted molar refractivity (Wildman–Crippen MR) is 94.5 cm³/mol. The van der Waals surface area contributed by atoms with Gasteiger partial charge < -0.3 is 30.1 Å². The number of hydrogen-bond acceptors (Lipinski definition) is 6. The van der Waals surface area contributed by atoms with E-state index in [-0.39, 0.29) is 19.8 Å². The zero-order valence-corrected chi connectivity index (χ0v) is 14.5. The first kappa shape index (κ1) is 19.7. The van der Waals surface area contributed by atoms with Crippen LogP contribution in [0.25, 0.3) is 0 Å². The molecule has 26 heavy (non-hydrogen) atoms. The van der Waals surface area contributed by atoms with E-state index in [2.05, 4.69) is 5.32 Å². The summed E-state index contributed by atoms with van der Waals surface area (Å²) in [5.74, 6) is 0.409. The highest BCUT2D eigenvalue weighted by molar-refractivity contribution is 5.67. The molecule has 0 fully saturated rings. The van der Waals surface area contributed by atoms with Gasteiger partial charge in [-0.2, -0.15) is 0 Å². The molecule has 1 amide bonds. The number of aliphatic hydroxyl groups is 3. The van der Waals surface area contributed by atoms with Gasteiger partial charge in [0.15, 0.2) is 0 Å². The van der Waals surface area contributed by atoms with E-state index in [1.54, 1.807) is 12.1 Å². The summed E-state index contributed by atoms with van der Waals surface area (Å²) < 4.78 is 10.2. The van der Waals surface area contributed by atoms with Crippen LogP contribution in [0.1, 0.15) is 22.8 Å². The van der Waals surface area contributed by atoms with E-state index in [0.29, 0.717) is 16.9 Å². The van der Waals surface area contributed by atoms with Gasteiger partial charge in [-0.1, -0.05) is 42.5 Å². The van der Waals surface area contributed by atoms with Crippen molar-refractivity contribution in [3.63, 3.8) is 0 Å². The van der Waals surface area contributed by atoms with Gasteiger partial charge in [-0.25, -0.2) is 4.79 Å². The Morgan fingerprint density at radius 3 is 2.54 bits per heavy atom. The van der Waals surface area contributed by atoms with Crippen LogP contribution in [0, 0.1) is 0 Å². The molecule has 0 saturated heterocycles. The Bertz CT molecular complexity index is 706. The summed E-state index contributed by atoms with van der Waals surface area (Å²) in [5, 5.41) is 31.9. The number of carbonyl (C=O) groups is 1. The number of carbonyl (C=O) groups excluding carboxylic acids is 1.